The van der Waals surface area contributed by atoms with Gasteiger partial charge in [0.05, 0.1) is 53.4 Å². The van der Waals surface area contributed by atoms with Crippen molar-refractivity contribution in [3.05, 3.63) is 120 Å². The molecule has 1 aliphatic heterocycles. The molecule has 1 unspecified atom stereocenters. The summed E-state index contributed by atoms with van der Waals surface area (Å²) in [6, 6.07) is 18.9. The van der Waals surface area contributed by atoms with E-state index in [0.29, 0.717) is 42.6 Å². The number of carbonyl (C=O) groups excluding carboxylic acids is 2. The summed E-state index contributed by atoms with van der Waals surface area (Å²) in [4.78, 5) is 44.6. The van der Waals surface area contributed by atoms with E-state index in [4.69, 9.17) is 35.6 Å². The Hall–Kier alpha value is -5.46. The van der Waals surface area contributed by atoms with Crippen LogP contribution >= 0.6 is 22.9 Å². The van der Waals surface area contributed by atoms with E-state index >= 15 is 0 Å². The summed E-state index contributed by atoms with van der Waals surface area (Å²) in [5, 5.41) is 5.29. The fourth-order valence-corrected chi connectivity index (χ4v) is 6.88. The molecule has 0 saturated heterocycles. The first-order chi connectivity index (χ1) is 23.6. The molecule has 1 aliphatic rings. The van der Waals surface area contributed by atoms with E-state index in [1.54, 1.807) is 62.0 Å². The molecule has 49 heavy (non-hydrogen) atoms. The molecule has 0 aliphatic carbocycles. The third kappa shape index (κ3) is 6.52. The van der Waals surface area contributed by atoms with Gasteiger partial charge < -0.3 is 18.9 Å². The Morgan fingerprint density at radius 1 is 1.00 bits per heavy atom. The van der Waals surface area contributed by atoms with E-state index in [1.807, 2.05) is 42.6 Å². The smallest absolute Gasteiger partial charge is 0.338 e. The van der Waals surface area contributed by atoms with E-state index in [9.17, 15) is 14.4 Å². The first-order valence-electron chi connectivity index (χ1n) is 15.2. The van der Waals surface area contributed by atoms with Gasteiger partial charge in [-0.1, -0.05) is 47.2 Å². The standard InChI is InChI=1S/C36H31ClN4O7S/c1-6-47-35(44)31-20(2)38-36-41(33(31)23-13-15-28(48-21(3)42)29(17-23)46-5)34(43)30(49-36)18-24-19-40(25-10-8-7-9-11-25)39-32(24)22-12-14-27(45-4)26(37)16-22/h7-19,33H,6H2,1-5H3. The molecule has 0 radical (unpaired) electrons. The Kier molecular flexibility index (Phi) is 9.52. The summed E-state index contributed by atoms with van der Waals surface area (Å²) < 4.78 is 25.2. The number of ether oxygens (including phenoxy) is 4. The van der Waals surface area contributed by atoms with Crippen LogP contribution in [-0.4, -0.2) is 47.1 Å². The minimum atomic E-state index is -0.912. The molecule has 1 atom stereocenters. The average Bonchev–Trinajstić information content (AvgIpc) is 3.64. The molecule has 0 spiro atoms. The van der Waals surface area contributed by atoms with Gasteiger partial charge in [0.15, 0.2) is 16.3 Å². The van der Waals surface area contributed by atoms with Gasteiger partial charge in [-0.25, -0.2) is 14.5 Å². The van der Waals surface area contributed by atoms with Crippen LogP contribution in [0.1, 0.15) is 37.9 Å². The quantitative estimate of drug-likeness (QED) is 0.151. The second-order valence-corrected chi connectivity index (χ2v) is 12.3. The number of benzene rings is 3. The van der Waals surface area contributed by atoms with Crippen LogP contribution in [0, 0.1) is 0 Å². The van der Waals surface area contributed by atoms with Gasteiger partial charge in [0.1, 0.15) is 11.4 Å². The van der Waals surface area contributed by atoms with Gasteiger partial charge in [0.25, 0.3) is 5.56 Å². The zero-order valence-corrected chi connectivity index (χ0v) is 28.8. The van der Waals surface area contributed by atoms with Gasteiger partial charge >= 0.3 is 11.9 Å². The predicted molar refractivity (Wildman–Crippen MR) is 185 cm³/mol. The van der Waals surface area contributed by atoms with Crippen LogP contribution < -0.4 is 29.1 Å². The molecule has 0 N–H and O–H groups in total. The molecule has 3 heterocycles. The highest BCUT2D eigenvalue weighted by atomic mass is 35.5. The number of hydrogen-bond donors (Lipinski definition) is 0. The molecule has 5 aromatic rings. The summed E-state index contributed by atoms with van der Waals surface area (Å²) >= 11 is 7.69. The fraction of sp³-hybridized carbons (Fsp3) is 0.194. The minimum Gasteiger partial charge on any atom is -0.495 e. The lowest BCUT2D eigenvalue weighted by atomic mass is 9.95. The molecule has 250 valence electrons. The summed E-state index contributed by atoms with van der Waals surface area (Å²) in [6.07, 6.45) is 3.60. The zero-order valence-electron chi connectivity index (χ0n) is 27.2. The maximum Gasteiger partial charge on any atom is 0.338 e. The number of rotatable bonds is 9. The molecular formula is C36H31ClN4O7S. The number of nitrogens with zero attached hydrogens (tertiary/aromatic N) is 4. The molecular weight excluding hydrogens is 668 g/mol. The van der Waals surface area contributed by atoms with Crippen molar-refractivity contribution < 1.29 is 28.5 Å². The molecule has 0 amide bonds. The Morgan fingerprint density at radius 2 is 1.73 bits per heavy atom. The molecule has 0 bridgehead atoms. The van der Waals surface area contributed by atoms with E-state index < -0.39 is 18.0 Å². The molecule has 3 aromatic carbocycles. The number of aromatic nitrogens is 3. The van der Waals surface area contributed by atoms with Gasteiger partial charge in [-0.3, -0.25) is 14.2 Å². The minimum absolute atomic E-state index is 0.130. The van der Waals surface area contributed by atoms with Crippen LogP contribution in [0.25, 0.3) is 23.0 Å². The van der Waals surface area contributed by atoms with Crippen molar-refractivity contribution in [3.8, 4) is 34.2 Å². The molecule has 11 nitrogen and oxygen atoms in total. The number of hydrogen-bond acceptors (Lipinski definition) is 10. The third-order valence-electron chi connectivity index (χ3n) is 7.75. The number of thiazole rings is 1. The van der Waals surface area contributed by atoms with E-state index in [2.05, 4.69) is 4.99 Å². The first-order valence-corrected chi connectivity index (χ1v) is 16.4. The molecule has 0 saturated carbocycles. The van der Waals surface area contributed by atoms with Crippen LogP contribution in [0.5, 0.6) is 17.2 Å². The van der Waals surface area contributed by atoms with Crippen molar-refractivity contribution in [3.63, 3.8) is 0 Å². The maximum atomic E-state index is 14.4. The monoisotopic (exact) mass is 698 g/mol. The Balaban J connectivity index is 1.56. The van der Waals surface area contributed by atoms with Gasteiger partial charge in [0, 0.05) is 24.2 Å². The van der Waals surface area contributed by atoms with Crippen molar-refractivity contribution >= 4 is 41.0 Å². The third-order valence-corrected chi connectivity index (χ3v) is 9.03. The summed E-state index contributed by atoms with van der Waals surface area (Å²) in [5.41, 5.74) is 3.55. The average molecular weight is 699 g/mol. The van der Waals surface area contributed by atoms with Crippen LogP contribution in [-0.2, 0) is 14.3 Å². The van der Waals surface area contributed by atoms with Gasteiger partial charge in [-0.2, -0.15) is 5.10 Å². The highest BCUT2D eigenvalue weighted by Gasteiger charge is 2.34. The Bertz CT molecular complexity index is 2310. The van der Waals surface area contributed by atoms with Crippen molar-refractivity contribution in [1.29, 1.82) is 0 Å². The first kappa shape index (κ1) is 33.4. The molecule has 2 aromatic heterocycles. The predicted octanol–water partition coefficient (Wildman–Crippen LogP) is 5.25. The number of halogens is 1. The Labute approximate surface area is 289 Å². The summed E-state index contributed by atoms with van der Waals surface area (Å²) in [5.74, 6) is -0.147. The second-order valence-electron chi connectivity index (χ2n) is 10.9. The van der Waals surface area contributed by atoms with Crippen molar-refractivity contribution in [2.45, 2.75) is 26.8 Å². The Morgan fingerprint density at radius 3 is 2.41 bits per heavy atom. The SMILES string of the molecule is CCOC(=O)C1=C(C)N=c2sc(=Cc3cn(-c4ccccc4)nc3-c3ccc(OC)c(Cl)c3)c(=O)n2C1c1ccc(OC(C)=O)c(OC)c1. The van der Waals surface area contributed by atoms with E-state index in [1.165, 1.54) is 29.9 Å². The molecule has 0 fully saturated rings. The van der Waals surface area contributed by atoms with Crippen molar-refractivity contribution in [2.24, 2.45) is 4.99 Å². The second kappa shape index (κ2) is 14.0. The van der Waals surface area contributed by atoms with Gasteiger partial charge in [-0.15, -0.1) is 0 Å². The number of carbonyl (C=O) groups is 2. The fourth-order valence-electron chi connectivity index (χ4n) is 5.59. The van der Waals surface area contributed by atoms with Gasteiger partial charge in [0.2, 0.25) is 0 Å². The number of fused-ring (bicyclic) bond motifs is 1. The molecule has 6 rings (SSSR count). The topological polar surface area (TPSA) is 123 Å². The van der Waals surface area contributed by atoms with Crippen LogP contribution in [0.2, 0.25) is 5.02 Å². The lowest BCUT2D eigenvalue weighted by Crippen LogP contribution is -2.40. The normalized spacial score (nSPS) is 14.2. The lowest BCUT2D eigenvalue weighted by molar-refractivity contribution is -0.139. The highest BCUT2D eigenvalue weighted by Crippen LogP contribution is 2.37. The highest BCUT2D eigenvalue weighted by molar-refractivity contribution is 7.07. The number of methoxy groups -OCH3 is 2. The zero-order chi connectivity index (χ0) is 34.8. The lowest BCUT2D eigenvalue weighted by Gasteiger charge is -2.25. The van der Waals surface area contributed by atoms with Gasteiger partial charge in [-0.05, 0) is 68.0 Å². The van der Waals surface area contributed by atoms with Crippen LogP contribution in [0.3, 0.4) is 0 Å². The van der Waals surface area contributed by atoms with E-state index in [0.717, 1.165) is 11.3 Å². The summed E-state index contributed by atoms with van der Waals surface area (Å²) in [7, 11) is 2.98. The van der Waals surface area contributed by atoms with E-state index in [-0.39, 0.29) is 29.2 Å². The van der Waals surface area contributed by atoms with Crippen LogP contribution in [0.4, 0.5) is 0 Å². The number of para-hydroxylation sites is 1. The molecule has 13 heteroatoms. The summed E-state index contributed by atoms with van der Waals surface area (Å²) in [6.45, 7) is 4.83. The number of esters is 2. The van der Waals surface area contributed by atoms with Crippen molar-refractivity contribution in [2.75, 3.05) is 20.8 Å². The largest absolute Gasteiger partial charge is 0.495 e. The maximum absolute atomic E-state index is 14.4. The van der Waals surface area contributed by atoms with Crippen LogP contribution in [0.15, 0.2) is 94.0 Å². The van der Waals surface area contributed by atoms with Crippen molar-refractivity contribution in [1.82, 2.24) is 14.3 Å². The number of allylic oxidation sites excluding steroid dienone is 1.